The lowest BCUT2D eigenvalue weighted by molar-refractivity contribution is -0.769. The second kappa shape index (κ2) is 4.18. The van der Waals surface area contributed by atoms with Crippen LogP contribution in [0.3, 0.4) is 0 Å². The average molecular weight is 208 g/mol. The molecule has 1 rings (SSSR count). The largest absolute Gasteiger partial charge is 0.295 e. The first-order valence-corrected chi connectivity index (χ1v) is 4.50. The van der Waals surface area contributed by atoms with Crippen molar-refractivity contribution >= 4 is 17.7 Å². The van der Waals surface area contributed by atoms with E-state index in [-0.39, 0.29) is 5.69 Å². The predicted octanol–water partition coefficient (Wildman–Crippen LogP) is 1.96. The highest BCUT2D eigenvalue weighted by Crippen LogP contribution is 2.25. The van der Waals surface area contributed by atoms with Crippen LogP contribution in [0.15, 0.2) is 29.3 Å². The standard InChI is InChI=1S/C10H14N3O2/c1-13(2,3)8-11-9-6-4-5-7-10(9)12(14)15/h4-8H,1-3H3/q+1. The molecule has 0 aliphatic heterocycles. The second-order valence-electron chi connectivity index (χ2n) is 4.11. The number of para-hydroxylation sites is 2. The lowest BCUT2D eigenvalue weighted by Crippen LogP contribution is -2.32. The van der Waals surface area contributed by atoms with Crippen LogP contribution in [0.5, 0.6) is 0 Å². The third-order valence-corrected chi connectivity index (χ3v) is 1.62. The molecule has 1 aromatic carbocycles. The Labute approximate surface area is 88.4 Å². The van der Waals surface area contributed by atoms with Crippen LogP contribution >= 0.6 is 0 Å². The van der Waals surface area contributed by atoms with Crippen molar-refractivity contribution in [1.29, 1.82) is 0 Å². The minimum atomic E-state index is -0.428. The van der Waals surface area contributed by atoms with Crippen molar-refractivity contribution in [2.45, 2.75) is 0 Å². The number of hydrogen-bond donors (Lipinski definition) is 0. The molecule has 80 valence electrons. The summed E-state index contributed by atoms with van der Waals surface area (Å²) < 4.78 is 0.520. The van der Waals surface area contributed by atoms with Crippen LogP contribution in [0.4, 0.5) is 11.4 Å². The predicted molar refractivity (Wildman–Crippen MR) is 59.3 cm³/mol. The molecule has 0 saturated carbocycles. The first-order valence-electron chi connectivity index (χ1n) is 4.50. The smallest absolute Gasteiger partial charge is 0.288 e. The molecule has 0 heterocycles. The molecule has 5 nitrogen and oxygen atoms in total. The van der Waals surface area contributed by atoms with Gasteiger partial charge in [-0.15, -0.1) is 0 Å². The fraction of sp³-hybridized carbons (Fsp3) is 0.300. The summed E-state index contributed by atoms with van der Waals surface area (Å²) >= 11 is 0. The van der Waals surface area contributed by atoms with Crippen LogP contribution in [0.1, 0.15) is 0 Å². The van der Waals surface area contributed by atoms with E-state index in [1.54, 1.807) is 24.5 Å². The Morgan fingerprint density at radius 1 is 1.33 bits per heavy atom. The summed E-state index contributed by atoms with van der Waals surface area (Å²) in [6, 6.07) is 6.44. The summed E-state index contributed by atoms with van der Waals surface area (Å²) in [5.41, 5.74) is 0.415. The van der Waals surface area contributed by atoms with Gasteiger partial charge in [0, 0.05) is 6.07 Å². The van der Waals surface area contributed by atoms with Gasteiger partial charge in [0.25, 0.3) is 5.69 Å². The highest BCUT2D eigenvalue weighted by atomic mass is 16.6. The molecule has 0 unspecified atom stereocenters. The molecule has 0 saturated heterocycles. The van der Waals surface area contributed by atoms with Crippen LogP contribution in [0.25, 0.3) is 0 Å². The number of nitro groups is 1. The zero-order valence-electron chi connectivity index (χ0n) is 9.04. The van der Waals surface area contributed by atoms with Gasteiger partial charge in [0.05, 0.1) is 26.1 Å². The van der Waals surface area contributed by atoms with Crippen LogP contribution < -0.4 is 0 Å². The quantitative estimate of drug-likeness (QED) is 0.251. The van der Waals surface area contributed by atoms with Gasteiger partial charge in [-0.3, -0.25) is 14.6 Å². The van der Waals surface area contributed by atoms with E-state index >= 15 is 0 Å². The number of rotatable bonds is 3. The van der Waals surface area contributed by atoms with Crippen LogP contribution in [0.2, 0.25) is 0 Å². The maximum absolute atomic E-state index is 10.7. The Kier molecular flexibility index (Phi) is 3.16. The molecule has 0 bridgehead atoms. The van der Waals surface area contributed by atoms with E-state index in [1.807, 2.05) is 21.1 Å². The van der Waals surface area contributed by atoms with Gasteiger partial charge < -0.3 is 0 Å². The Balaban J connectivity index is 3.05. The summed E-state index contributed by atoms with van der Waals surface area (Å²) in [6.07, 6.45) is 1.66. The molecule has 0 spiro atoms. The highest BCUT2D eigenvalue weighted by Gasteiger charge is 2.12. The summed E-state index contributed by atoms with van der Waals surface area (Å²) in [5.74, 6) is 0. The Bertz CT molecular complexity index is 394. The molecule has 0 atom stereocenters. The van der Waals surface area contributed by atoms with Gasteiger partial charge in [-0.1, -0.05) is 12.1 Å². The Hall–Kier alpha value is -1.75. The summed E-state index contributed by atoms with van der Waals surface area (Å²) in [6.45, 7) is 0. The normalized spacial score (nSPS) is 11.9. The first-order chi connectivity index (χ1) is 6.90. The molecule has 0 aromatic heterocycles. The Morgan fingerprint density at radius 3 is 2.47 bits per heavy atom. The molecular formula is C10H14N3O2+. The van der Waals surface area contributed by atoms with Gasteiger partial charge in [0.2, 0.25) is 0 Å². The van der Waals surface area contributed by atoms with Crippen molar-refractivity contribution in [2.24, 2.45) is 4.99 Å². The molecule has 0 aliphatic rings. The van der Waals surface area contributed by atoms with Crippen molar-refractivity contribution < 1.29 is 9.41 Å². The summed E-state index contributed by atoms with van der Waals surface area (Å²) in [4.78, 5) is 14.3. The van der Waals surface area contributed by atoms with Gasteiger partial charge in [-0.2, -0.15) is 4.99 Å². The Morgan fingerprint density at radius 2 is 1.93 bits per heavy atom. The monoisotopic (exact) mass is 208 g/mol. The third kappa shape index (κ3) is 3.47. The minimum Gasteiger partial charge on any atom is -0.288 e. The summed E-state index contributed by atoms with van der Waals surface area (Å²) in [5, 5.41) is 10.7. The van der Waals surface area contributed by atoms with Gasteiger partial charge in [-0.25, -0.2) is 0 Å². The fourth-order valence-corrected chi connectivity index (χ4v) is 0.963. The maximum atomic E-state index is 10.7. The van der Waals surface area contributed by atoms with Gasteiger partial charge in [0.15, 0.2) is 6.34 Å². The van der Waals surface area contributed by atoms with E-state index in [0.29, 0.717) is 10.2 Å². The summed E-state index contributed by atoms with van der Waals surface area (Å²) in [7, 11) is 5.79. The molecular weight excluding hydrogens is 194 g/mol. The number of nitrogens with zero attached hydrogens (tertiary/aromatic N) is 3. The van der Waals surface area contributed by atoms with Gasteiger partial charge in [0.1, 0.15) is 5.69 Å². The van der Waals surface area contributed by atoms with E-state index < -0.39 is 4.92 Å². The molecule has 0 N–H and O–H groups in total. The number of quaternary nitrogens is 1. The number of nitro benzene ring substituents is 1. The molecule has 0 radical (unpaired) electrons. The fourth-order valence-electron chi connectivity index (χ4n) is 0.963. The van der Waals surface area contributed by atoms with Crippen LogP contribution in [-0.4, -0.2) is 36.9 Å². The van der Waals surface area contributed by atoms with E-state index in [9.17, 15) is 10.1 Å². The van der Waals surface area contributed by atoms with E-state index in [0.717, 1.165) is 0 Å². The van der Waals surface area contributed by atoms with E-state index in [4.69, 9.17) is 0 Å². The van der Waals surface area contributed by atoms with Crippen molar-refractivity contribution in [3.63, 3.8) is 0 Å². The van der Waals surface area contributed by atoms with Crippen LogP contribution in [-0.2, 0) is 0 Å². The zero-order valence-corrected chi connectivity index (χ0v) is 9.04. The minimum absolute atomic E-state index is 0.0298. The lowest BCUT2D eigenvalue weighted by Gasteiger charge is -2.15. The number of aliphatic imine (C=N–C) groups is 1. The third-order valence-electron chi connectivity index (χ3n) is 1.62. The van der Waals surface area contributed by atoms with Crippen molar-refractivity contribution in [3.05, 3.63) is 34.4 Å². The van der Waals surface area contributed by atoms with Crippen LogP contribution in [0, 0.1) is 10.1 Å². The van der Waals surface area contributed by atoms with E-state index in [1.165, 1.54) is 6.07 Å². The SMILES string of the molecule is C[N+](C)(C)C=Nc1ccccc1[N+](=O)[O-]. The number of benzene rings is 1. The van der Waals surface area contributed by atoms with Crippen molar-refractivity contribution in [1.82, 2.24) is 0 Å². The van der Waals surface area contributed by atoms with Gasteiger partial charge in [-0.05, 0) is 6.07 Å². The topological polar surface area (TPSA) is 55.5 Å². The van der Waals surface area contributed by atoms with E-state index in [2.05, 4.69) is 4.99 Å². The molecule has 15 heavy (non-hydrogen) atoms. The molecule has 0 amide bonds. The first kappa shape index (κ1) is 11.3. The highest BCUT2D eigenvalue weighted by molar-refractivity contribution is 5.63. The molecule has 0 fully saturated rings. The molecule has 1 aromatic rings. The zero-order chi connectivity index (χ0) is 11.5. The average Bonchev–Trinajstić information content (AvgIpc) is 2.14. The number of hydrogen-bond acceptors (Lipinski definition) is 3. The maximum Gasteiger partial charge on any atom is 0.295 e. The molecule has 5 heteroatoms. The lowest BCUT2D eigenvalue weighted by atomic mass is 10.3. The van der Waals surface area contributed by atoms with Crippen molar-refractivity contribution in [2.75, 3.05) is 21.1 Å². The van der Waals surface area contributed by atoms with Gasteiger partial charge >= 0.3 is 0 Å². The van der Waals surface area contributed by atoms with Crippen molar-refractivity contribution in [3.8, 4) is 0 Å². The molecule has 0 aliphatic carbocycles. The second-order valence-corrected chi connectivity index (χ2v) is 4.11.